The van der Waals surface area contributed by atoms with Crippen molar-refractivity contribution in [3.05, 3.63) is 29.6 Å². The van der Waals surface area contributed by atoms with Crippen LogP contribution in [0, 0.1) is 17.1 Å². The van der Waals surface area contributed by atoms with Crippen molar-refractivity contribution in [2.45, 2.75) is 38.4 Å². The molecule has 0 bridgehead atoms. The third kappa shape index (κ3) is 2.80. The average molecular weight is 249 g/mol. The third-order valence-corrected chi connectivity index (χ3v) is 3.07. The molecular formula is C14H16FNO2. The zero-order valence-electron chi connectivity index (χ0n) is 10.6. The molecule has 18 heavy (non-hydrogen) atoms. The van der Waals surface area contributed by atoms with Crippen molar-refractivity contribution in [2.24, 2.45) is 0 Å². The van der Waals surface area contributed by atoms with Crippen LogP contribution in [-0.2, 0) is 4.74 Å². The molecule has 0 spiro atoms. The molecule has 0 amide bonds. The first-order valence-electron chi connectivity index (χ1n) is 6.01. The lowest BCUT2D eigenvalue weighted by Crippen LogP contribution is -2.24. The highest BCUT2D eigenvalue weighted by molar-refractivity contribution is 5.43. The zero-order valence-corrected chi connectivity index (χ0v) is 10.6. The summed E-state index contributed by atoms with van der Waals surface area (Å²) in [5.41, 5.74) is -0.164. The Morgan fingerprint density at radius 1 is 1.56 bits per heavy atom. The van der Waals surface area contributed by atoms with Crippen LogP contribution in [0.1, 0.15) is 32.3 Å². The molecule has 1 aliphatic heterocycles. The van der Waals surface area contributed by atoms with Crippen LogP contribution < -0.4 is 4.74 Å². The van der Waals surface area contributed by atoms with Crippen molar-refractivity contribution < 1.29 is 13.9 Å². The summed E-state index contributed by atoms with van der Waals surface area (Å²) in [4.78, 5) is 0. The van der Waals surface area contributed by atoms with E-state index in [1.165, 1.54) is 12.1 Å². The Kier molecular flexibility index (Phi) is 3.53. The van der Waals surface area contributed by atoms with Gasteiger partial charge in [0, 0.05) is 0 Å². The van der Waals surface area contributed by atoms with Gasteiger partial charge < -0.3 is 9.47 Å². The van der Waals surface area contributed by atoms with Crippen molar-refractivity contribution >= 4 is 0 Å². The number of benzene rings is 1. The second kappa shape index (κ2) is 4.95. The van der Waals surface area contributed by atoms with E-state index in [1.54, 1.807) is 6.07 Å². The van der Waals surface area contributed by atoms with Crippen LogP contribution in [0.3, 0.4) is 0 Å². The van der Waals surface area contributed by atoms with Crippen LogP contribution in [0.2, 0.25) is 0 Å². The van der Waals surface area contributed by atoms with E-state index in [-0.39, 0.29) is 23.0 Å². The van der Waals surface area contributed by atoms with E-state index in [1.807, 2.05) is 19.9 Å². The second-order valence-corrected chi connectivity index (χ2v) is 5.07. The maximum absolute atomic E-state index is 13.3. The van der Waals surface area contributed by atoms with E-state index in [0.29, 0.717) is 6.61 Å². The third-order valence-electron chi connectivity index (χ3n) is 3.07. The first-order valence-corrected chi connectivity index (χ1v) is 6.01. The lowest BCUT2D eigenvalue weighted by Gasteiger charge is -2.19. The number of rotatable bonds is 3. The topological polar surface area (TPSA) is 42.2 Å². The Morgan fingerprint density at radius 2 is 2.33 bits per heavy atom. The molecule has 1 aliphatic rings. The summed E-state index contributed by atoms with van der Waals surface area (Å²) in [6.45, 7) is 4.42. The normalized spacial score (nSPS) is 21.6. The van der Waals surface area contributed by atoms with Gasteiger partial charge in [0.05, 0.1) is 11.7 Å². The SMILES string of the molecule is CC1(C)CCC(COc2cccc(F)c2C#N)O1. The van der Waals surface area contributed by atoms with E-state index in [2.05, 4.69) is 0 Å². The van der Waals surface area contributed by atoms with Crippen LogP contribution in [0.5, 0.6) is 5.75 Å². The van der Waals surface area contributed by atoms with Crippen molar-refractivity contribution in [3.63, 3.8) is 0 Å². The van der Waals surface area contributed by atoms with Gasteiger partial charge in [0.2, 0.25) is 0 Å². The highest BCUT2D eigenvalue weighted by atomic mass is 19.1. The van der Waals surface area contributed by atoms with Gasteiger partial charge >= 0.3 is 0 Å². The van der Waals surface area contributed by atoms with Crippen molar-refractivity contribution in [2.75, 3.05) is 6.61 Å². The van der Waals surface area contributed by atoms with Crippen molar-refractivity contribution in [3.8, 4) is 11.8 Å². The molecule has 4 heteroatoms. The van der Waals surface area contributed by atoms with Crippen LogP contribution in [-0.4, -0.2) is 18.3 Å². The molecule has 1 heterocycles. The van der Waals surface area contributed by atoms with Gasteiger partial charge in [-0.15, -0.1) is 0 Å². The molecule has 96 valence electrons. The minimum absolute atomic E-state index is 0.00908. The maximum atomic E-state index is 13.3. The smallest absolute Gasteiger partial charge is 0.144 e. The Labute approximate surface area is 106 Å². The Bertz CT molecular complexity index is 479. The molecule has 1 atom stereocenters. The first kappa shape index (κ1) is 12.8. The molecule has 1 aromatic carbocycles. The van der Waals surface area contributed by atoms with Gasteiger partial charge in [-0.2, -0.15) is 5.26 Å². The van der Waals surface area contributed by atoms with Crippen LogP contribution >= 0.6 is 0 Å². The molecule has 0 radical (unpaired) electrons. The first-order chi connectivity index (χ1) is 8.52. The maximum Gasteiger partial charge on any atom is 0.144 e. The monoisotopic (exact) mass is 249 g/mol. The van der Waals surface area contributed by atoms with Crippen molar-refractivity contribution in [1.29, 1.82) is 5.26 Å². The summed E-state index contributed by atoms with van der Waals surface area (Å²) in [5, 5.41) is 8.87. The summed E-state index contributed by atoms with van der Waals surface area (Å²) in [5.74, 6) is -0.270. The number of halogens is 1. The van der Waals surface area contributed by atoms with E-state index in [9.17, 15) is 4.39 Å². The van der Waals surface area contributed by atoms with Crippen LogP contribution in [0.15, 0.2) is 18.2 Å². The van der Waals surface area contributed by atoms with Gasteiger partial charge in [-0.05, 0) is 38.8 Å². The van der Waals surface area contributed by atoms with Gasteiger partial charge in [0.25, 0.3) is 0 Å². The molecule has 0 aromatic heterocycles. The molecule has 1 aromatic rings. The molecule has 2 rings (SSSR count). The highest BCUT2D eigenvalue weighted by Crippen LogP contribution is 2.30. The Hall–Kier alpha value is -1.60. The van der Waals surface area contributed by atoms with Crippen molar-refractivity contribution in [1.82, 2.24) is 0 Å². The predicted octanol–water partition coefficient (Wildman–Crippen LogP) is 3.03. The summed E-state index contributed by atoms with van der Waals surface area (Å²) < 4.78 is 24.6. The molecular weight excluding hydrogens is 233 g/mol. The van der Waals surface area contributed by atoms with Crippen LogP contribution in [0.4, 0.5) is 4.39 Å². The fourth-order valence-electron chi connectivity index (χ4n) is 2.11. The van der Waals surface area contributed by atoms with Gasteiger partial charge in [-0.25, -0.2) is 4.39 Å². The fourth-order valence-corrected chi connectivity index (χ4v) is 2.11. The number of nitriles is 1. The lowest BCUT2D eigenvalue weighted by atomic mass is 10.1. The summed E-state index contributed by atoms with van der Waals surface area (Å²) in [6, 6.07) is 6.20. The number of hydrogen-bond donors (Lipinski definition) is 0. The highest BCUT2D eigenvalue weighted by Gasteiger charge is 2.32. The molecule has 0 aliphatic carbocycles. The van der Waals surface area contributed by atoms with E-state index in [4.69, 9.17) is 14.7 Å². The van der Waals surface area contributed by atoms with Gasteiger partial charge in [-0.1, -0.05) is 6.07 Å². The summed E-state index contributed by atoms with van der Waals surface area (Å²) in [6.07, 6.45) is 1.91. The number of nitrogens with zero attached hydrogens (tertiary/aromatic N) is 1. The standard InChI is InChI=1S/C14H16FNO2/c1-14(2)7-6-10(18-14)9-17-13-5-3-4-12(15)11(13)8-16/h3-5,10H,6-7,9H2,1-2H3. The lowest BCUT2D eigenvalue weighted by molar-refractivity contribution is -0.0327. The minimum atomic E-state index is -0.553. The van der Waals surface area contributed by atoms with Gasteiger partial charge in [-0.3, -0.25) is 0 Å². The fraction of sp³-hybridized carbons (Fsp3) is 0.500. The van der Waals surface area contributed by atoms with E-state index < -0.39 is 5.82 Å². The molecule has 1 unspecified atom stereocenters. The van der Waals surface area contributed by atoms with Gasteiger partial charge in [0.1, 0.15) is 29.8 Å². The molecule has 3 nitrogen and oxygen atoms in total. The molecule has 0 saturated carbocycles. The quantitative estimate of drug-likeness (QED) is 0.826. The number of ether oxygens (including phenoxy) is 2. The summed E-state index contributed by atoms with van der Waals surface area (Å²) in [7, 11) is 0. The predicted molar refractivity (Wildman–Crippen MR) is 64.8 cm³/mol. The van der Waals surface area contributed by atoms with E-state index in [0.717, 1.165) is 12.8 Å². The number of hydrogen-bond acceptors (Lipinski definition) is 3. The average Bonchev–Trinajstić information content (AvgIpc) is 2.66. The largest absolute Gasteiger partial charge is 0.489 e. The summed E-state index contributed by atoms with van der Waals surface area (Å²) >= 11 is 0. The zero-order chi connectivity index (χ0) is 13.2. The van der Waals surface area contributed by atoms with Crippen LogP contribution in [0.25, 0.3) is 0 Å². The van der Waals surface area contributed by atoms with E-state index >= 15 is 0 Å². The molecule has 1 fully saturated rings. The second-order valence-electron chi connectivity index (χ2n) is 5.07. The Balaban J connectivity index is 2.00. The molecule has 1 saturated heterocycles. The Morgan fingerprint density at radius 3 is 2.94 bits per heavy atom. The minimum Gasteiger partial charge on any atom is -0.489 e. The molecule has 0 N–H and O–H groups in total. The van der Waals surface area contributed by atoms with Gasteiger partial charge in [0.15, 0.2) is 0 Å².